The Labute approximate surface area is 229 Å². The summed E-state index contributed by atoms with van der Waals surface area (Å²) in [6, 6.07) is 10.2. The number of benzene rings is 1. The molecule has 0 unspecified atom stereocenters. The van der Waals surface area contributed by atoms with Crippen LogP contribution in [0.25, 0.3) is 28.7 Å². The van der Waals surface area contributed by atoms with Crippen molar-refractivity contribution in [3.05, 3.63) is 87.0 Å². The van der Waals surface area contributed by atoms with E-state index in [4.69, 9.17) is 32.4 Å². The molecule has 0 aliphatic carbocycles. The number of hydrogen-bond donors (Lipinski definition) is 1. The Morgan fingerprint density at radius 2 is 1.89 bits per heavy atom. The summed E-state index contributed by atoms with van der Waals surface area (Å²) in [6.07, 6.45) is 6.48. The fraction of sp³-hybridized carbons (Fsp3) is 0.0800. The standard InChI is InChI=1S/C25H17BrCl2N6O3/c1-13-8-15(27)10-16(24-32-33-25(37-24)17-11-29-7-5-20(17)36-2)21(13)31-23(35)19-9-14(26)12-34(19)22-18(28)4-3-6-30-22/h3-12H,1-2H3,(H,31,35). The summed E-state index contributed by atoms with van der Waals surface area (Å²) in [5, 5.41) is 12.1. The number of amides is 1. The van der Waals surface area contributed by atoms with Gasteiger partial charge in [0.15, 0.2) is 5.82 Å². The second-order valence-corrected chi connectivity index (χ2v) is 9.57. The Morgan fingerprint density at radius 3 is 2.65 bits per heavy atom. The first kappa shape index (κ1) is 24.9. The van der Waals surface area contributed by atoms with Crippen molar-refractivity contribution in [3.8, 4) is 34.5 Å². The van der Waals surface area contributed by atoms with E-state index in [2.05, 4.69) is 41.4 Å². The Balaban J connectivity index is 1.54. The Kier molecular flexibility index (Phi) is 6.96. The predicted molar refractivity (Wildman–Crippen MR) is 143 cm³/mol. The van der Waals surface area contributed by atoms with Crippen LogP contribution in [-0.2, 0) is 0 Å². The van der Waals surface area contributed by atoms with Crippen molar-refractivity contribution in [2.45, 2.75) is 6.92 Å². The van der Waals surface area contributed by atoms with E-state index in [0.717, 1.165) is 0 Å². The molecule has 0 fully saturated rings. The number of halogens is 3. The van der Waals surface area contributed by atoms with Crippen LogP contribution in [0.3, 0.4) is 0 Å². The summed E-state index contributed by atoms with van der Waals surface area (Å²) in [5.74, 6) is 0.900. The van der Waals surface area contributed by atoms with E-state index in [1.807, 2.05) is 6.92 Å². The average Bonchev–Trinajstić information content (AvgIpc) is 3.53. The van der Waals surface area contributed by atoms with E-state index in [0.29, 0.717) is 54.2 Å². The molecule has 1 aromatic carbocycles. The molecule has 4 aromatic heterocycles. The molecule has 5 aromatic rings. The van der Waals surface area contributed by atoms with Crippen molar-refractivity contribution in [3.63, 3.8) is 0 Å². The summed E-state index contributed by atoms with van der Waals surface area (Å²) < 4.78 is 13.6. The second-order valence-electron chi connectivity index (χ2n) is 7.81. The summed E-state index contributed by atoms with van der Waals surface area (Å²) in [5.41, 5.74) is 2.44. The molecule has 9 nitrogen and oxygen atoms in total. The van der Waals surface area contributed by atoms with Crippen LogP contribution < -0.4 is 10.1 Å². The number of aromatic nitrogens is 5. The molecule has 5 rings (SSSR count). The molecule has 0 bridgehead atoms. The van der Waals surface area contributed by atoms with Gasteiger partial charge in [0.05, 0.1) is 28.9 Å². The van der Waals surface area contributed by atoms with Gasteiger partial charge in [0.2, 0.25) is 5.89 Å². The number of carbonyl (C=O) groups excluding carboxylic acids is 1. The first-order valence-corrected chi connectivity index (χ1v) is 12.3. The molecule has 0 saturated heterocycles. The van der Waals surface area contributed by atoms with E-state index in [-0.39, 0.29) is 11.8 Å². The maximum absolute atomic E-state index is 13.5. The first-order chi connectivity index (χ1) is 17.9. The molecule has 0 aliphatic rings. The largest absolute Gasteiger partial charge is 0.496 e. The normalized spacial score (nSPS) is 10.9. The summed E-state index contributed by atoms with van der Waals surface area (Å²) in [7, 11) is 1.54. The number of rotatable bonds is 6. The molecule has 37 heavy (non-hydrogen) atoms. The van der Waals surface area contributed by atoms with Crippen LogP contribution in [0.5, 0.6) is 5.75 Å². The van der Waals surface area contributed by atoms with Crippen molar-refractivity contribution in [1.29, 1.82) is 0 Å². The Hall–Kier alpha value is -3.73. The van der Waals surface area contributed by atoms with E-state index in [9.17, 15) is 4.79 Å². The highest BCUT2D eigenvalue weighted by Gasteiger charge is 2.23. The number of hydrogen-bond acceptors (Lipinski definition) is 7. The van der Waals surface area contributed by atoms with Crippen molar-refractivity contribution in [1.82, 2.24) is 24.7 Å². The third kappa shape index (κ3) is 4.95. The van der Waals surface area contributed by atoms with Gasteiger partial charge in [-0.2, -0.15) is 0 Å². The minimum Gasteiger partial charge on any atom is -0.496 e. The van der Waals surface area contributed by atoms with Gasteiger partial charge in [-0.15, -0.1) is 10.2 Å². The third-order valence-electron chi connectivity index (χ3n) is 5.41. The number of anilines is 1. The molecule has 4 heterocycles. The summed E-state index contributed by atoms with van der Waals surface area (Å²) >= 11 is 16.1. The highest BCUT2D eigenvalue weighted by molar-refractivity contribution is 9.10. The first-order valence-electron chi connectivity index (χ1n) is 10.8. The van der Waals surface area contributed by atoms with Gasteiger partial charge in [0.1, 0.15) is 11.4 Å². The number of ether oxygens (including phenoxy) is 1. The molecule has 0 saturated carbocycles. The van der Waals surface area contributed by atoms with E-state index < -0.39 is 5.91 Å². The van der Waals surface area contributed by atoms with E-state index in [1.54, 1.807) is 65.8 Å². The predicted octanol–water partition coefficient (Wildman–Crippen LogP) is 6.62. The molecule has 12 heteroatoms. The zero-order valence-electron chi connectivity index (χ0n) is 19.4. The Morgan fingerprint density at radius 1 is 1.11 bits per heavy atom. The second kappa shape index (κ2) is 10.3. The van der Waals surface area contributed by atoms with Gasteiger partial charge < -0.3 is 14.5 Å². The van der Waals surface area contributed by atoms with Crippen LogP contribution in [0.4, 0.5) is 5.69 Å². The fourth-order valence-electron chi connectivity index (χ4n) is 3.75. The van der Waals surface area contributed by atoms with Crippen LogP contribution in [0.15, 0.2) is 70.1 Å². The third-order valence-corrected chi connectivity index (χ3v) is 6.36. The number of nitrogens with one attached hydrogen (secondary N) is 1. The van der Waals surface area contributed by atoms with Crippen molar-refractivity contribution in [2.75, 3.05) is 12.4 Å². The van der Waals surface area contributed by atoms with Crippen molar-refractivity contribution >= 4 is 50.7 Å². The number of pyridine rings is 2. The van der Waals surface area contributed by atoms with Gasteiger partial charge in [-0.3, -0.25) is 14.3 Å². The summed E-state index contributed by atoms with van der Waals surface area (Å²) in [6.45, 7) is 1.82. The topological polar surface area (TPSA) is 108 Å². The maximum atomic E-state index is 13.5. The lowest BCUT2D eigenvalue weighted by Crippen LogP contribution is -2.18. The minimum atomic E-state index is -0.409. The quantitative estimate of drug-likeness (QED) is 0.233. The lowest BCUT2D eigenvalue weighted by molar-refractivity contribution is 0.102. The van der Waals surface area contributed by atoms with Crippen LogP contribution in [0.1, 0.15) is 16.1 Å². The zero-order valence-corrected chi connectivity index (χ0v) is 22.5. The van der Waals surface area contributed by atoms with Crippen LogP contribution in [0, 0.1) is 6.92 Å². The van der Waals surface area contributed by atoms with Crippen molar-refractivity contribution < 1.29 is 13.9 Å². The van der Waals surface area contributed by atoms with Gasteiger partial charge in [0.25, 0.3) is 11.8 Å². The molecular weight excluding hydrogens is 583 g/mol. The number of carbonyl (C=O) groups is 1. The van der Waals surface area contributed by atoms with Gasteiger partial charge in [0, 0.05) is 34.3 Å². The molecule has 0 spiro atoms. The van der Waals surface area contributed by atoms with Crippen molar-refractivity contribution in [2.24, 2.45) is 0 Å². The number of nitrogens with zero attached hydrogens (tertiary/aromatic N) is 5. The van der Waals surface area contributed by atoms with Crippen LogP contribution in [0.2, 0.25) is 10.0 Å². The van der Waals surface area contributed by atoms with Gasteiger partial charge in [-0.05, 0) is 64.8 Å². The molecule has 1 amide bonds. The van der Waals surface area contributed by atoms with E-state index >= 15 is 0 Å². The van der Waals surface area contributed by atoms with Gasteiger partial charge in [-0.25, -0.2) is 4.98 Å². The molecule has 0 atom stereocenters. The van der Waals surface area contributed by atoms with Gasteiger partial charge in [-0.1, -0.05) is 23.2 Å². The molecule has 0 radical (unpaired) electrons. The number of aryl methyl sites for hydroxylation is 1. The lowest BCUT2D eigenvalue weighted by Gasteiger charge is -2.14. The highest BCUT2D eigenvalue weighted by atomic mass is 79.9. The maximum Gasteiger partial charge on any atom is 0.272 e. The van der Waals surface area contributed by atoms with Crippen LogP contribution >= 0.6 is 39.1 Å². The molecule has 1 N–H and O–H groups in total. The SMILES string of the molecule is COc1ccncc1-c1nnc(-c2cc(Cl)cc(C)c2NC(=O)c2cc(Br)cn2-c2ncccc2Cl)o1. The average molecular weight is 600 g/mol. The highest BCUT2D eigenvalue weighted by Crippen LogP contribution is 2.36. The van der Waals surface area contributed by atoms with Gasteiger partial charge >= 0.3 is 0 Å². The minimum absolute atomic E-state index is 0.158. The smallest absolute Gasteiger partial charge is 0.272 e. The zero-order chi connectivity index (χ0) is 26.1. The lowest BCUT2D eigenvalue weighted by atomic mass is 10.1. The molecule has 0 aliphatic heterocycles. The van der Waals surface area contributed by atoms with E-state index in [1.165, 1.54) is 7.11 Å². The fourth-order valence-corrected chi connectivity index (χ4v) is 4.66. The molecule has 186 valence electrons. The monoisotopic (exact) mass is 598 g/mol. The van der Waals surface area contributed by atoms with Crippen LogP contribution in [-0.4, -0.2) is 37.7 Å². The summed E-state index contributed by atoms with van der Waals surface area (Å²) in [4.78, 5) is 21.9. The number of methoxy groups -OCH3 is 1. The molecular formula is C25H17BrCl2N6O3. The Bertz CT molecular complexity index is 1630.